The molecule has 0 radical (unpaired) electrons. The van der Waals surface area contributed by atoms with Crippen LogP contribution in [-0.4, -0.2) is 10.8 Å². The average Bonchev–Trinajstić information content (AvgIpc) is 3.18. The van der Waals surface area contributed by atoms with Gasteiger partial charge < -0.3 is 0 Å². The number of carbonyl (C=O) groups excluding carboxylic acids is 1. The number of ketones is 1. The molecule has 0 aliphatic rings. The maximum Gasteiger partial charge on any atom is 0.205 e. The third kappa shape index (κ3) is 4.18. The fourth-order valence-electron chi connectivity index (χ4n) is 2.70. The highest BCUT2D eigenvalue weighted by Gasteiger charge is 2.20. The highest BCUT2D eigenvalue weighted by molar-refractivity contribution is 7.98. The third-order valence-corrected chi connectivity index (χ3v) is 6.36. The van der Waals surface area contributed by atoms with Crippen molar-refractivity contribution < 1.29 is 4.79 Å². The van der Waals surface area contributed by atoms with Gasteiger partial charge in [-0.1, -0.05) is 91.0 Å². The molecule has 0 aliphatic heterocycles. The quantitative estimate of drug-likeness (QED) is 0.286. The molecule has 0 unspecified atom stereocenters. The Labute approximate surface area is 166 Å². The van der Waals surface area contributed by atoms with Crippen molar-refractivity contribution in [3.05, 3.63) is 107 Å². The van der Waals surface area contributed by atoms with E-state index >= 15 is 0 Å². The number of benzene rings is 3. The average molecular weight is 388 g/mol. The first kappa shape index (κ1) is 17.7. The summed E-state index contributed by atoms with van der Waals surface area (Å²) in [4.78, 5) is 18.6. The zero-order valence-electron chi connectivity index (χ0n) is 14.5. The van der Waals surface area contributed by atoms with Gasteiger partial charge in [0.15, 0.2) is 0 Å². The molecule has 0 aliphatic carbocycles. The molecule has 0 fully saturated rings. The minimum Gasteiger partial charge on any atom is -0.288 e. The second kappa shape index (κ2) is 8.33. The summed E-state index contributed by atoms with van der Waals surface area (Å²) in [5.41, 5.74) is 2.95. The van der Waals surface area contributed by atoms with Crippen molar-refractivity contribution in [1.29, 1.82) is 0 Å². The van der Waals surface area contributed by atoms with Gasteiger partial charge in [-0.15, -0.1) is 23.1 Å². The second-order valence-electron chi connectivity index (χ2n) is 5.99. The maximum atomic E-state index is 13.1. The summed E-state index contributed by atoms with van der Waals surface area (Å²) >= 11 is 3.09. The molecule has 4 aromatic rings. The summed E-state index contributed by atoms with van der Waals surface area (Å²) in [5.74, 6) is 0.819. The Balaban J connectivity index is 1.69. The molecular weight excluding hydrogens is 370 g/mol. The Morgan fingerprint density at radius 1 is 0.815 bits per heavy atom. The normalized spacial score (nSPS) is 10.7. The van der Waals surface area contributed by atoms with E-state index in [0.717, 1.165) is 21.3 Å². The lowest BCUT2D eigenvalue weighted by atomic mass is 10.1. The lowest BCUT2D eigenvalue weighted by Crippen LogP contribution is -2.00. The number of hydrogen-bond acceptors (Lipinski definition) is 4. The van der Waals surface area contributed by atoms with Crippen LogP contribution in [0.2, 0.25) is 0 Å². The number of rotatable bonds is 6. The molecule has 2 nitrogen and oxygen atoms in total. The smallest absolute Gasteiger partial charge is 0.205 e. The van der Waals surface area contributed by atoms with E-state index < -0.39 is 0 Å². The number of aromatic nitrogens is 1. The van der Waals surface area contributed by atoms with Crippen LogP contribution in [0.15, 0.2) is 96.0 Å². The Hall–Kier alpha value is -2.69. The molecule has 0 saturated heterocycles. The number of nitrogens with zero attached hydrogens (tertiary/aromatic N) is 1. The largest absolute Gasteiger partial charge is 0.288 e. The highest BCUT2D eigenvalue weighted by Crippen LogP contribution is 2.36. The molecule has 3 aromatic carbocycles. The van der Waals surface area contributed by atoms with E-state index in [1.807, 2.05) is 78.9 Å². The van der Waals surface area contributed by atoms with E-state index in [1.165, 1.54) is 16.9 Å². The zero-order valence-corrected chi connectivity index (χ0v) is 16.2. The lowest BCUT2D eigenvalue weighted by Gasteiger charge is -2.02. The minimum atomic E-state index is 0.0332. The van der Waals surface area contributed by atoms with Crippen LogP contribution in [-0.2, 0) is 5.75 Å². The predicted molar refractivity (Wildman–Crippen MR) is 113 cm³/mol. The minimum absolute atomic E-state index is 0.0332. The van der Waals surface area contributed by atoms with Gasteiger partial charge in [-0.3, -0.25) is 4.79 Å². The monoisotopic (exact) mass is 387 g/mol. The molecule has 4 heteroatoms. The number of hydrogen-bond donors (Lipinski definition) is 0. The SMILES string of the molecule is O=C(c1ccccc1)c1sc(-c2ccccc2)nc1SCc1ccccc1. The molecule has 1 heterocycles. The first-order valence-electron chi connectivity index (χ1n) is 8.64. The summed E-state index contributed by atoms with van der Waals surface area (Å²) in [5, 5.41) is 1.68. The number of thiazole rings is 1. The van der Waals surface area contributed by atoms with Gasteiger partial charge in [0, 0.05) is 16.9 Å². The first-order valence-corrected chi connectivity index (χ1v) is 10.4. The molecule has 0 atom stereocenters. The van der Waals surface area contributed by atoms with Gasteiger partial charge in [-0.05, 0) is 5.56 Å². The van der Waals surface area contributed by atoms with Crippen LogP contribution >= 0.6 is 23.1 Å². The number of thioether (sulfide) groups is 1. The van der Waals surface area contributed by atoms with E-state index in [2.05, 4.69) is 12.1 Å². The Morgan fingerprint density at radius 3 is 2.07 bits per heavy atom. The van der Waals surface area contributed by atoms with Gasteiger partial charge in [-0.2, -0.15) is 0 Å². The molecule has 0 bridgehead atoms. The molecule has 0 spiro atoms. The van der Waals surface area contributed by atoms with E-state index in [1.54, 1.807) is 11.8 Å². The highest BCUT2D eigenvalue weighted by atomic mass is 32.2. The maximum absolute atomic E-state index is 13.1. The van der Waals surface area contributed by atoms with Crippen LogP contribution in [0, 0.1) is 0 Å². The second-order valence-corrected chi connectivity index (χ2v) is 7.95. The third-order valence-electron chi connectivity index (χ3n) is 4.08. The predicted octanol–water partition coefficient (Wildman–Crippen LogP) is 6.33. The van der Waals surface area contributed by atoms with Gasteiger partial charge in [0.05, 0.1) is 0 Å². The van der Waals surface area contributed by atoms with Crippen molar-refractivity contribution in [2.24, 2.45) is 0 Å². The number of carbonyl (C=O) groups is 1. The van der Waals surface area contributed by atoms with Crippen LogP contribution in [0.5, 0.6) is 0 Å². The van der Waals surface area contributed by atoms with Crippen molar-refractivity contribution in [2.75, 3.05) is 0 Å². The Kier molecular flexibility index (Phi) is 5.47. The first-order chi connectivity index (χ1) is 13.3. The van der Waals surface area contributed by atoms with E-state index in [0.29, 0.717) is 10.4 Å². The lowest BCUT2D eigenvalue weighted by molar-refractivity contribution is 0.103. The Morgan fingerprint density at radius 2 is 1.41 bits per heavy atom. The molecule has 27 heavy (non-hydrogen) atoms. The molecule has 0 N–H and O–H groups in total. The molecular formula is C23H17NOS2. The van der Waals surface area contributed by atoms with Crippen molar-refractivity contribution in [1.82, 2.24) is 4.98 Å². The van der Waals surface area contributed by atoms with E-state index in [-0.39, 0.29) is 5.78 Å². The molecule has 132 valence electrons. The fourth-order valence-corrected chi connectivity index (χ4v) is 4.86. The topological polar surface area (TPSA) is 30.0 Å². The van der Waals surface area contributed by atoms with Gasteiger partial charge in [-0.25, -0.2) is 4.98 Å². The summed E-state index contributed by atoms with van der Waals surface area (Å²) < 4.78 is 0. The standard InChI is InChI=1S/C23H17NOS2/c25-20(18-12-6-2-7-13-18)21-23(26-16-17-10-4-1-5-11-17)24-22(27-21)19-14-8-3-9-15-19/h1-15H,16H2. The van der Waals surface area contributed by atoms with Crippen molar-refractivity contribution in [3.8, 4) is 10.6 Å². The van der Waals surface area contributed by atoms with Crippen molar-refractivity contribution in [3.63, 3.8) is 0 Å². The van der Waals surface area contributed by atoms with Gasteiger partial charge in [0.2, 0.25) is 5.78 Å². The van der Waals surface area contributed by atoms with Gasteiger partial charge in [0.25, 0.3) is 0 Å². The van der Waals surface area contributed by atoms with E-state index in [4.69, 9.17) is 4.98 Å². The molecule has 0 saturated carbocycles. The molecule has 1 aromatic heterocycles. The molecule has 0 amide bonds. The van der Waals surface area contributed by atoms with Crippen molar-refractivity contribution >= 4 is 28.9 Å². The van der Waals surface area contributed by atoms with Crippen LogP contribution in [0.3, 0.4) is 0 Å². The van der Waals surface area contributed by atoms with Crippen molar-refractivity contribution in [2.45, 2.75) is 10.8 Å². The fraction of sp³-hybridized carbons (Fsp3) is 0.0435. The van der Waals surface area contributed by atoms with E-state index in [9.17, 15) is 4.79 Å². The Bertz CT molecular complexity index is 1030. The summed E-state index contributed by atoms with van der Waals surface area (Å²) in [6, 6.07) is 29.7. The van der Waals surface area contributed by atoms with Crippen LogP contribution < -0.4 is 0 Å². The van der Waals surface area contributed by atoms with Crippen LogP contribution in [0.25, 0.3) is 10.6 Å². The summed E-state index contributed by atoms with van der Waals surface area (Å²) in [6.07, 6.45) is 0. The van der Waals surface area contributed by atoms with Crippen LogP contribution in [0.4, 0.5) is 0 Å². The molecule has 4 rings (SSSR count). The van der Waals surface area contributed by atoms with Gasteiger partial charge >= 0.3 is 0 Å². The summed E-state index contributed by atoms with van der Waals surface area (Å²) in [7, 11) is 0. The van der Waals surface area contributed by atoms with Gasteiger partial charge in [0.1, 0.15) is 14.9 Å². The summed E-state index contributed by atoms with van der Waals surface area (Å²) in [6.45, 7) is 0. The zero-order chi connectivity index (χ0) is 18.5. The van der Waals surface area contributed by atoms with Crippen LogP contribution in [0.1, 0.15) is 20.8 Å².